The van der Waals surface area contributed by atoms with Gasteiger partial charge in [0.25, 0.3) is 0 Å². The molecule has 0 unspecified atom stereocenters. The van der Waals surface area contributed by atoms with E-state index in [-0.39, 0.29) is 6.04 Å². The molecule has 4 nitrogen and oxygen atoms in total. The fourth-order valence-corrected chi connectivity index (χ4v) is 2.89. The number of benzene rings is 1. The topological polar surface area (TPSA) is 67.3 Å². The molecule has 0 fully saturated rings. The van der Waals surface area contributed by atoms with Crippen LogP contribution in [0, 0.1) is 0 Å². The van der Waals surface area contributed by atoms with Crippen LogP contribution in [0.2, 0.25) is 0 Å². The summed E-state index contributed by atoms with van der Waals surface area (Å²) >= 11 is 0. The normalized spacial score (nSPS) is 21.0. The fourth-order valence-electron chi connectivity index (χ4n) is 2.89. The number of fused-ring (bicyclic) bond motifs is 1. The number of hydrogen-bond acceptors (Lipinski definition) is 4. The minimum atomic E-state index is 0.206. The van der Waals surface area contributed by atoms with Gasteiger partial charge in [0.15, 0.2) is 0 Å². The number of rotatable bonds is 2. The van der Waals surface area contributed by atoms with Crippen molar-refractivity contribution in [2.24, 2.45) is 11.6 Å². The monoisotopic (exact) mass is 340 g/mol. The molecule has 1 aromatic carbocycles. The Morgan fingerprint density at radius 1 is 1.08 bits per heavy atom. The zero-order valence-corrected chi connectivity index (χ0v) is 15.5. The lowest BCUT2D eigenvalue weighted by Crippen LogP contribution is -2.38. The van der Waals surface area contributed by atoms with Gasteiger partial charge in [-0.3, -0.25) is 0 Å². The number of hydrogen-bond donors (Lipinski definition) is 3. The van der Waals surface area contributed by atoms with Crippen molar-refractivity contribution in [3.63, 3.8) is 0 Å². The molecule has 1 aliphatic heterocycles. The second kappa shape index (κ2) is 9.94. The van der Waals surface area contributed by atoms with E-state index in [0.29, 0.717) is 6.42 Å². The van der Waals surface area contributed by atoms with Gasteiger partial charge in [-0.1, -0.05) is 42.5 Å². The number of nitrogens with one attached hydrogen (secondary N) is 1. The smallest absolute Gasteiger partial charge is 0.0522 e. The quantitative estimate of drug-likeness (QED) is 0.431. The van der Waals surface area contributed by atoms with Crippen LogP contribution in [0.4, 0.5) is 5.69 Å². The lowest BCUT2D eigenvalue weighted by atomic mass is 10.0. The van der Waals surface area contributed by atoms with E-state index in [9.17, 15) is 0 Å². The SMILES string of the molecule is CC(C)N(N)/C1=C(\N)Cc2ccccc2NCCC/C=C\CC=CC1. The van der Waals surface area contributed by atoms with E-state index in [1.54, 1.807) is 5.01 Å². The van der Waals surface area contributed by atoms with Gasteiger partial charge in [0.05, 0.1) is 5.70 Å². The molecule has 0 bridgehead atoms. The predicted octanol–water partition coefficient (Wildman–Crippen LogP) is 4.08. The molecule has 136 valence electrons. The molecule has 0 spiro atoms. The van der Waals surface area contributed by atoms with Crippen LogP contribution in [-0.4, -0.2) is 17.6 Å². The lowest BCUT2D eigenvalue weighted by Gasteiger charge is -2.27. The highest BCUT2D eigenvalue weighted by Crippen LogP contribution is 2.21. The van der Waals surface area contributed by atoms with Gasteiger partial charge in [-0.2, -0.15) is 0 Å². The number of allylic oxidation sites excluding steroid dienone is 5. The maximum atomic E-state index is 6.50. The summed E-state index contributed by atoms with van der Waals surface area (Å²) in [5, 5.41) is 5.34. The van der Waals surface area contributed by atoms with Crippen molar-refractivity contribution in [3.8, 4) is 0 Å². The molecule has 0 aliphatic carbocycles. The van der Waals surface area contributed by atoms with Crippen molar-refractivity contribution in [1.29, 1.82) is 0 Å². The van der Waals surface area contributed by atoms with Gasteiger partial charge in [-0.25, -0.2) is 5.84 Å². The van der Waals surface area contributed by atoms with Crippen molar-refractivity contribution in [1.82, 2.24) is 5.01 Å². The first-order valence-corrected chi connectivity index (χ1v) is 9.22. The van der Waals surface area contributed by atoms with Gasteiger partial charge in [0, 0.05) is 36.8 Å². The summed E-state index contributed by atoms with van der Waals surface area (Å²) < 4.78 is 0. The molecule has 0 saturated heterocycles. The summed E-state index contributed by atoms with van der Waals surface area (Å²) in [4.78, 5) is 0. The summed E-state index contributed by atoms with van der Waals surface area (Å²) in [5.74, 6) is 6.29. The van der Waals surface area contributed by atoms with E-state index < -0.39 is 0 Å². The molecule has 0 atom stereocenters. The average Bonchev–Trinajstić information content (AvgIpc) is 2.60. The van der Waals surface area contributed by atoms with Gasteiger partial charge in [-0.05, 0) is 44.7 Å². The average molecular weight is 341 g/mol. The number of nitrogens with zero attached hydrogens (tertiary/aromatic N) is 1. The molecule has 1 aromatic rings. The highest BCUT2D eigenvalue weighted by molar-refractivity contribution is 5.52. The third-order valence-corrected chi connectivity index (χ3v) is 4.42. The molecular weight excluding hydrogens is 308 g/mol. The Morgan fingerprint density at radius 3 is 2.64 bits per heavy atom. The molecular formula is C21H32N4. The molecule has 1 heterocycles. The Labute approximate surface area is 152 Å². The second-order valence-electron chi connectivity index (χ2n) is 6.76. The summed E-state index contributed by atoms with van der Waals surface area (Å²) in [6.45, 7) is 5.12. The first-order chi connectivity index (χ1) is 12.1. The van der Waals surface area contributed by atoms with Crippen LogP contribution >= 0.6 is 0 Å². The van der Waals surface area contributed by atoms with Crippen LogP contribution in [0.3, 0.4) is 0 Å². The van der Waals surface area contributed by atoms with Gasteiger partial charge in [-0.15, -0.1) is 0 Å². The summed E-state index contributed by atoms with van der Waals surface area (Å²) in [6.07, 6.45) is 13.4. The number of anilines is 1. The van der Waals surface area contributed by atoms with E-state index in [1.807, 2.05) is 0 Å². The summed E-state index contributed by atoms with van der Waals surface area (Å²) in [6, 6.07) is 8.59. The molecule has 25 heavy (non-hydrogen) atoms. The lowest BCUT2D eigenvalue weighted by molar-refractivity contribution is 0.284. The fraction of sp³-hybridized carbons (Fsp3) is 0.429. The summed E-state index contributed by atoms with van der Waals surface area (Å²) in [5.41, 5.74) is 10.7. The van der Waals surface area contributed by atoms with E-state index in [4.69, 9.17) is 11.6 Å². The number of para-hydroxylation sites is 1. The minimum absolute atomic E-state index is 0.206. The highest BCUT2D eigenvalue weighted by atomic mass is 15.4. The van der Waals surface area contributed by atoms with E-state index >= 15 is 0 Å². The van der Waals surface area contributed by atoms with Crippen molar-refractivity contribution >= 4 is 5.69 Å². The van der Waals surface area contributed by atoms with Gasteiger partial charge in [0.2, 0.25) is 0 Å². The molecule has 0 amide bonds. The van der Waals surface area contributed by atoms with E-state index in [0.717, 1.165) is 49.3 Å². The zero-order valence-electron chi connectivity index (χ0n) is 15.5. The Kier molecular flexibility index (Phi) is 7.61. The Hall–Kier alpha value is -2.20. The third-order valence-electron chi connectivity index (χ3n) is 4.42. The zero-order chi connectivity index (χ0) is 18.1. The predicted molar refractivity (Wildman–Crippen MR) is 108 cm³/mol. The molecule has 4 heteroatoms. The van der Waals surface area contributed by atoms with Crippen LogP contribution < -0.4 is 16.9 Å². The highest BCUT2D eigenvalue weighted by Gasteiger charge is 2.13. The molecule has 0 aromatic heterocycles. The summed E-state index contributed by atoms with van der Waals surface area (Å²) in [7, 11) is 0. The minimum Gasteiger partial charge on any atom is -0.400 e. The Morgan fingerprint density at radius 2 is 1.84 bits per heavy atom. The first kappa shape index (κ1) is 19.1. The molecule has 1 aliphatic rings. The number of nitrogens with two attached hydrogens (primary N) is 2. The van der Waals surface area contributed by atoms with Gasteiger partial charge < -0.3 is 16.1 Å². The van der Waals surface area contributed by atoms with Gasteiger partial charge in [0.1, 0.15) is 0 Å². The molecule has 5 N–H and O–H groups in total. The number of hydrazine groups is 1. The largest absolute Gasteiger partial charge is 0.400 e. The van der Waals surface area contributed by atoms with E-state index in [2.05, 4.69) is 67.7 Å². The van der Waals surface area contributed by atoms with Gasteiger partial charge >= 0.3 is 0 Å². The van der Waals surface area contributed by atoms with Crippen LogP contribution in [0.1, 0.15) is 45.1 Å². The van der Waals surface area contributed by atoms with Crippen molar-refractivity contribution < 1.29 is 0 Å². The third kappa shape index (κ3) is 5.98. The molecule has 2 rings (SSSR count). The first-order valence-electron chi connectivity index (χ1n) is 9.22. The Balaban J connectivity index is 2.33. The van der Waals surface area contributed by atoms with Crippen LogP contribution in [0.5, 0.6) is 0 Å². The second-order valence-corrected chi connectivity index (χ2v) is 6.76. The van der Waals surface area contributed by atoms with Crippen LogP contribution in [0.25, 0.3) is 0 Å². The van der Waals surface area contributed by atoms with E-state index in [1.165, 1.54) is 5.56 Å². The Bertz CT molecular complexity index is 629. The van der Waals surface area contributed by atoms with Crippen LogP contribution in [0.15, 0.2) is 60.0 Å². The maximum absolute atomic E-state index is 6.50. The van der Waals surface area contributed by atoms with Crippen LogP contribution in [-0.2, 0) is 6.42 Å². The standard InChI is InChI=1S/C21H32N4/c1-17(2)25(23)21-14-8-6-4-3-5-7-11-15-24-20-13-10-9-12-18(20)16-19(21)22/h3,5-6,8-10,12-13,17,24H,4,7,11,14-16,22-23H2,1-2H3/b5-3-,8-6?,21-19-. The van der Waals surface area contributed by atoms with Crippen molar-refractivity contribution in [2.75, 3.05) is 11.9 Å². The van der Waals surface area contributed by atoms with Crippen molar-refractivity contribution in [3.05, 3.63) is 65.5 Å². The molecule has 0 saturated carbocycles. The maximum Gasteiger partial charge on any atom is 0.0522 e. The molecule has 0 radical (unpaired) electrons. The van der Waals surface area contributed by atoms with Crippen molar-refractivity contribution in [2.45, 2.75) is 52.0 Å².